The molecule has 1 rings (SSSR count). The molecule has 0 aliphatic carbocycles. The van der Waals surface area contributed by atoms with E-state index in [-0.39, 0.29) is 22.2 Å². The van der Waals surface area contributed by atoms with Crippen molar-refractivity contribution in [3.63, 3.8) is 0 Å². The van der Waals surface area contributed by atoms with Crippen molar-refractivity contribution < 1.29 is 23.4 Å². The van der Waals surface area contributed by atoms with Crippen molar-refractivity contribution in [3.05, 3.63) is 27.7 Å². The van der Waals surface area contributed by atoms with E-state index >= 15 is 0 Å². The van der Waals surface area contributed by atoms with Gasteiger partial charge in [0.15, 0.2) is 11.6 Å². The second kappa shape index (κ2) is 5.22. The summed E-state index contributed by atoms with van der Waals surface area (Å²) in [5, 5.41) is 8.83. The zero-order chi connectivity index (χ0) is 14.1. The molecule has 0 spiro atoms. The largest absolute Gasteiger partial charge is 0.495 e. The first-order valence-electron chi connectivity index (χ1n) is 5.14. The molecule has 0 radical (unpaired) electrons. The van der Waals surface area contributed by atoms with Gasteiger partial charge < -0.3 is 9.84 Å². The van der Waals surface area contributed by atoms with E-state index in [1.54, 1.807) is 0 Å². The van der Waals surface area contributed by atoms with Gasteiger partial charge in [-0.2, -0.15) is 0 Å². The summed E-state index contributed by atoms with van der Waals surface area (Å²) in [5.41, 5.74) is -1.18. The van der Waals surface area contributed by atoms with Crippen LogP contribution in [0.25, 0.3) is 0 Å². The van der Waals surface area contributed by atoms with E-state index in [1.165, 1.54) is 21.0 Å². The quantitative estimate of drug-likeness (QED) is 0.863. The van der Waals surface area contributed by atoms with Crippen molar-refractivity contribution >= 4 is 21.9 Å². The molecule has 0 bridgehead atoms. The Hall–Kier alpha value is -1.17. The molecular formula is C12H13BrF2O3. The summed E-state index contributed by atoms with van der Waals surface area (Å²) in [7, 11) is 1.32. The molecule has 0 saturated heterocycles. The number of aliphatic carboxylic acids is 1. The standard InChI is InChI=1S/C12H13BrF2O3/c1-12(2,5-8(16)17)9-10(15)7(14)4-6(13)11(9)18-3/h4H,5H2,1-3H3,(H,16,17). The number of hydrogen-bond acceptors (Lipinski definition) is 2. The molecule has 18 heavy (non-hydrogen) atoms. The van der Waals surface area contributed by atoms with Crippen molar-refractivity contribution in [3.8, 4) is 5.75 Å². The molecule has 0 fully saturated rings. The van der Waals surface area contributed by atoms with Gasteiger partial charge in [-0.05, 0) is 22.0 Å². The summed E-state index contributed by atoms with van der Waals surface area (Å²) in [5.74, 6) is -3.11. The molecule has 0 atom stereocenters. The number of benzene rings is 1. The van der Waals surface area contributed by atoms with Crippen LogP contribution < -0.4 is 4.74 Å². The van der Waals surface area contributed by atoms with Gasteiger partial charge in [0, 0.05) is 11.0 Å². The Labute approximate surface area is 112 Å². The first kappa shape index (κ1) is 14.9. The number of carbonyl (C=O) groups is 1. The van der Waals surface area contributed by atoms with Crippen LogP contribution in [0.5, 0.6) is 5.75 Å². The minimum Gasteiger partial charge on any atom is -0.495 e. The topological polar surface area (TPSA) is 46.5 Å². The number of carboxylic acids is 1. The van der Waals surface area contributed by atoms with Crippen LogP contribution in [0.2, 0.25) is 0 Å². The van der Waals surface area contributed by atoms with Gasteiger partial charge in [0.25, 0.3) is 0 Å². The molecule has 1 aromatic rings. The van der Waals surface area contributed by atoms with Gasteiger partial charge in [0.2, 0.25) is 0 Å². The fraction of sp³-hybridized carbons (Fsp3) is 0.417. The first-order chi connectivity index (χ1) is 8.20. The van der Waals surface area contributed by atoms with E-state index in [2.05, 4.69) is 15.9 Å². The molecule has 1 N–H and O–H groups in total. The molecule has 0 heterocycles. The minimum absolute atomic E-state index is 0.0840. The molecular weight excluding hydrogens is 310 g/mol. The maximum Gasteiger partial charge on any atom is 0.304 e. The zero-order valence-corrected chi connectivity index (χ0v) is 11.8. The summed E-state index contributed by atoms with van der Waals surface area (Å²) in [6.45, 7) is 3.04. The second-order valence-electron chi connectivity index (χ2n) is 4.52. The molecule has 0 saturated carbocycles. The van der Waals surface area contributed by atoms with E-state index in [1.807, 2.05) is 0 Å². The van der Waals surface area contributed by atoms with Gasteiger partial charge in [-0.15, -0.1) is 0 Å². The van der Waals surface area contributed by atoms with E-state index in [0.29, 0.717) is 0 Å². The lowest BCUT2D eigenvalue weighted by Crippen LogP contribution is -2.24. The Morgan fingerprint density at radius 1 is 1.50 bits per heavy atom. The van der Waals surface area contributed by atoms with E-state index < -0.39 is 23.0 Å². The lowest BCUT2D eigenvalue weighted by molar-refractivity contribution is -0.138. The van der Waals surface area contributed by atoms with Crippen LogP contribution >= 0.6 is 15.9 Å². The number of carboxylic acid groups (broad SMARTS) is 1. The van der Waals surface area contributed by atoms with Gasteiger partial charge in [-0.3, -0.25) is 4.79 Å². The third kappa shape index (κ3) is 2.80. The number of ether oxygens (including phenoxy) is 1. The maximum atomic E-state index is 13.9. The van der Waals surface area contributed by atoms with Crippen LogP contribution in [0.1, 0.15) is 25.8 Å². The molecule has 3 nitrogen and oxygen atoms in total. The van der Waals surface area contributed by atoms with Crippen molar-refractivity contribution in [2.24, 2.45) is 0 Å². The van der Waals surface area contributed by atoms with E-state index in [4.69, 9.17) is 9.84 Å². The average Bonchev–Trinajstić information content (AvgIpc) is 2.20. The molecule has 0 aromatic heterocycles. The van der Waals surface area contributed by atoms with Crippen LogP contribution in [0.3, 0.4) is 0 Å². The third-order valence-electron chi connectivity index (χ3n) is 2.60. The Morgan fingerprint density at radius 3 is 2.50 bits per heavy atom. The number of hydrogen-bond donors (Lipinski definition) is 1. The lowest BCUT2D eigenvalue weighted by Gasteiger charge is -2.26. The Bertz CT molecular complexity index is 487. The van der Waals surface area contributed by atoms with Crippen LogP contribution in [0, 0.1) is 11.6 Å². The van der Waals surface area contributed by atoms with Crippen LogP contribution in [0.15, 0.2) is 10.5 Å². The number of rotatable bonds is 4. The monoisotopic (exact) mass is 322 g/mol. The molecule has 6 heteroatoms. The summed E-state index contributed by atoms with van der Waals surface area (Å²) in [6, 6.07) is 0.953. The van der Waals surface area contributed by atoms with Gasteiger partial charge >= 0.3 is 5.97 Å². The zero-order valence-electron chi connectivity index (χ0n) is 10.2. The highest BCUT2D eigenvalue weighted by Gasteiger charge is 2.33. The van der Waals surface area contributed by atoms with Gasteiger partial charge in [-0.1, -0.05) is 13.8 Å². The highest BCUT2D eigenvalue weighted by Crippen LogP contribution is 2.41. The molecule has 0 aliphatic rings. The van der Waals surface area contributed by atoms with Crippen LogP contribution in [-0.4, -0.2) is 18.2 Å². The summed E-state index contributed by atoms with van der Waals surface area (Å²) < 4.78 is 32.6. The van der Waals surface area contributed by atoms with Gasteiger partial charge in [-0.25, -0.2) is 8.78 Å². The number of methoxy groups -OCH3 is 1. The van der Waals surface area contributed by atoms with Crippen molar-refractivity contribution in [1.29, 1.82) is 0 Å². The van der Waals surface area contributed by atoms with E-state index in [9.17, 15) is 13.6 Å². The average molecular weight is 323 g/mol. The smallest absolute Gasteiger partial charge is 0.304 e. The molecule has 0 unspecified atom stereocenters. The normalized spacial score (nSPS) is 11.4. The third-order valence-corrected chi connectivity index (χ3v) is 3.19. The number of halogens is 3. The Balaban J connectivity index is 3.51. The predicted molar refractivity (Wildman–Crippen MR) is 65.9 cm³/mol. The summed E-state index contributed by atoms with van der Waals surface area (Å²) in [4.78, 5) is 10.8. The van der Waals surface area contributed by atoms with Crippen molar-refractivity contribution in [2.45, 2.75) is 25.7 Å². The first-order valence-corrected chi connectivity index (χ1v) is 5.93. The van der Waals surface area contributed by atoms with Crippen molar-refractivity contribution in [1.82, 2.24) is 0 Å². The fourth-order valence-corrected chi connectivity index (χ4v) is 2.41. The second-order valence-corrected chi connectivity index (χ2v) is 5.37. The predicted octanol–water partition coefficient (Wildman–Crippen LogP) is 3.49. The highest BCUT2D eigenvalue weighted by atomic mass is 79.9. The molecule has 1 aromatic carbocycles. The summed E-state index contributed by atoms with van der Waals surface area (Å²) in [6.07, 6.45) is -0.337. The SMILES string of the molecule is COc1c(Br)cc(F)c(F)c1C(C)(C)CC(=O)O. The molecule has 0 amide bonds. The maximum absolute atomic E-state index is 13.9. The fourth-order valence-electron chi connectivity index (χ4n) is 1.85. The van der Waals surface area contributed by atoms with Crippen LogP contribution in [-0.2, 0) is 10.2 Å². The highest BCUT2D eigenvalue weighted by molar-refractivity contribution is 9.10. The van der Waals surface area contributed by atoms with Crippen LogP contribution in [0.4, 0.5) is 8.78 Å². The summed E-state index contributed by atoms with van der Waals surface area (Å²) >= 11 is 3.07. The van der Waals surface area contributed by atoms with Crippen molar-refractivity contribution in [2.75, 3.05) is 7.11 Å². The Morgan fingerprint density at radius 2 is 2.06 bits per heavy atom. The van der Waals surface area contributed by atoms with Gasteiger partial charge in [0.05, 0.1) is 18.0 Å². The van der Waals surface area contributed by atoms with E-state index in [0.717, 1.165) is 6.07 Å². The van der Waals surface area contributed by atoms with Gasteiger partial charge in [0.1, 0.15) is 5.75 Å². The molecule has 0 aliphatic heterocycles. The molecule has 100 valence electrons. The minimum atomic E-state index is -1.10. The lowest BCUT2D eigenvalue weighted by atomic mass is 9.80. The Kier molecular flexibility index (Phi) is 4.32.